The zero-order valence-electron chi connectivity index (χ0n) is 16.4. The number of hydrogen-bond acceptors (Lipinski definition) is 5. The number of thiazole rings is 1. The second-order valence-electron chi connectivity index (χ2n) is 6.24. The fourth-order valence-electron chi connectivity index (χ4n) is 2.75. The van der Waals surface area contributed by atoms with E-state index >= 15 is 0 Å². The van der Waals surface area contributed by atoms with Gasteiger partial charge in [-0.2, -0.15) is 13.2 Å². The summed E-state index contributed by atoms with van der Waals surface area (Å²) in [5.74, 6) is 0.615. The van der Waals surface area contributed by atoms with Crippen molar-refractivity contribution in [3.63, 3.8) is 0 Å². The van der Waals surface area contributed by atoms with Gasteiger partial charge < -0.3 is 20.3 Å². The van der Waals surface area contributed by atoms with Gasteiger partial charge in [-0.25, -0.2) is 9.78 Å². The molecule has 0 radical (unpaired) electrons. The van der Waals surface area contributed by atoms with Gasteiger partial charge in [-0.05, 0) is 26.7 Å². The van der Waals surface area contributed by atoms with E-state index < -0.39 is 11.9 Å². The molecule has 1 aliphatic heterocycles. The largest absolute Gasteiger partial charge is 0.450 e. The van der Waals surface area contributed by atoms with Crippen molar-refractivity contribution in [2.45, 2.75) is 45.3 Å². The summed E-state index contributed by atoms with van der Waals surface area (Å²) in [5, 5.41) is 7.90. The lowest BCUT2D eigenvalue weighted by molar-refractivity contribution is -0.140. The van der Waals surface area contributed by atoms with E-state index in [-0.39, 0.29) is 36.1 Å². The molecule has 2 heterocycles. The van der Waals surface area contributed by atoms with Crippen LogP contribution in [0.15, 0.2) is 10.4 Å². The van der Waals surface area contributed by atoms with E-state index in [9.17, 15) is 18.0 Å². The molecule has 0 aromatic carbocycles. The highest BCUT2D eigenvalue weighted by molar-refractivity contribution is 14.0. The number of nitrogens with one attached hydrogen (secondary N) is 2. The number of guanidine groups is 1. The number of halogens is 4. The lowest BCUT2D eigenvalue weighted by Gasteiger charge is -2.32. The summed E-state index contributed by atoms with van der Waals surface area (Å²) in [6, 6.07) is 0.167. The van der Waals surface area contributed by atoms with Crippen LogP contribution in [0.25, 0.3) is 0 Å². The highest BCUT2D eigenvalue weighted by Crippen LogP contribution is 2.30. The van der Waals surface area contributed by atoms with Crippen LogP contribution in [-0.2, 0) is 17.3 Å². The van der Waals surface area contributed by atoms with E-state index in [0.29, 0.717) is 50.2 Å². The number of likely N-dealkylation sites (tertiary alicyclic amines) is 1. The van der Waals surface area contributed by atoms with Crippen molar-refractivity contribution in [2.24, 2.45) is 4.99 Å². The SMILES string of the molecule is CCNC(=NCCc1nc(C(F)(F)F)cs1)NC1CCN(C(=O)OCC)CC1.I. The fourth-order valence-corrected chi connectivity index (χ4v) is 3.55. The molecule has 0 unspecified atom stereocenters. The van der Waals surface area contributed by atoms with E-state index in [1.54, 1.807) is 11.8 Å². The van der Waals surface area contributed by atoms with Crippen molar-refractivity contribution in [1.82, 2.24) is 20.5 Å². The van der Waals surface area contributed by atoms with Gasteiger partial charge in [0.15, 0.2) is 11.7 Å². The van der Waals surface area contributed by atoms with Crippen molar-refractivity contribution >= 4 is 47.4 Å². The Morgan fingerprint density at radius 1 is 1.38 bits per heavy atom. The number of carbonyl (C=O) groups excluding carboxylic acids is 1. The highest BCUT2D eigenvalue weighted by Gasteiger charge is 2.33. The molecule has 1 aliphatic rings. The van der Waals surface area contributed by atoms with E-state index in [1.165, 1.54) is 0 Å². The molecular formula is C17H27F3IN5O2S. The van der Waals surface area contributed by atoms with E-state index in [1.807, 2.05) is 6.92 Å². The number of amides is 1. The molecule has 2 rings (SSSR count). The molecule has 12 heteroatoms. The molecule has 0 spiro atoms. The number of alkyl halides is 3. The maximum absolute atomic E-state index is 12.6. The van der Waals surface area contributed by atoms with Crippen molar-refractivity contribution in [3.05, 3.63) is 16.1 Å². The maximum atomic E-state index is 12.6. The minimum atomic E-state index is -4.41. The van der Waals surface area contributed by atoms with Crippen LogP contribution in [0, 0.1) is 0 Å². The van der Waals surface area contributed by atoms with Crippen LogP contribution >= 0.6 is 35.3 Å². The number of piperidine rings is 1. The summed E-state index contributed by atoms with van der Waals surface area (Å²) in [4.78, 5) is 21.5. The monoisotopic (exact) mass is 549 g/mol. The minimum absolute atomic E-state index is 0. The van der Waals surface area contributed by atoms with Gasteiger partial charge in [0.1, 0.15) is 0 Å². The number of ether oxygens (including phenoxy) is 1. The van der Waals surface area contributed by atoms with Gasteiger partial charge >= 0.3 is 12.3 Å². The van der Waals surface area contributed by atoms with Gasteiger partial charge in [-0.1, -0.05) is 0 Å². The van der Waals surface area contributed by atoms with Crippen LogP contribution < -0.4 is 10.6 Å². The Balaban J connectivity index is 0.00000420. The molecule has 1 aromatic heterocycles. The summed E-state index contributed by atoms with van der Waals surface area (Å²) in [6.07, 6.45) is -2.82. The van der Waals surface area contributed by atoms with Crippen molar-refractivity contribution in [2.75, 3.05) is 32.8 Å². The first-order valence-electron chi connectivity index (χ1n) is 9.31. The van der Waals surface area contributed by atoms with E-state index in [0.717, 1.165) is 29.6 Å². The third kappa shape index (κ3) is 8.52. The first-order chi connectivity index (χ1) is 13.3. The Labute approximate surface area is 189 Å². The Hall–Kier alpha value is -1.31. The second kappa shape index (κ2) is 12.4. The van der Waals surface area contributed by atoms with Gasteiger partial charge in [0, 0.05) is 44.0 Å². The van der Waals surface area contributed by atoms with Crippen molar-refractivity contribution in [1.29, 1.82) is 0 Å². The first-order valence-corrected chi connectivity index (χ1v) is 10.2. The normalized spacial score (nSPS) is 15.6. The van der Waals surface area contributed by atoms with E-state index in [2.05, 4.69) is 20.6 Å². The quantitative estimate of drug-likeness (QED) is 0.323. The third-order valence-electron chi connectivity index (χ3n) is 4.14. The molecule has 1 amide bonds. The average molecular weight is 549 g/mol. The number of carbonyl (C=O) groups is 1. The van der Waals surface area contributed by atoms with Crippen LogP contribution in [0.3, 0.4) is 0 Å². The molecule has 29 heavy (non-hydrogen) atoms. The van der Waals surface area contributed by atoms with Gasteiger partial charge in [0.05, 0.1) is 11.6 Å². The molecule has 2 N–H and O–H groups in total. The smallest absolute Gasteiger partial charge is 0.434 e. The molecule has 0 saturated carbocycles. The molecule has 1 saturated heterocycles. The zero-order valence-corrected chi connectivity index (χ0v) is 19.6. The second-order valence-corrected chi connectivity index (χ2v) is 7.18. The summed E-state index contributed by atoms with van der Waals surface area (Å²) in [5.41, 5.74) is -0.852. The molecule has 1 aromatic rings. The summed E-state index contributed by atoms with van der Waals surface area (Å²) < 4.78 is 42.8. The van der Waals surface area contributed by atoms with Crippen LogP contribution in [0.1, 0.15) is 37.4 Å². The fraction of sp³-hybridized carbons (Fsp3) is 0.706. The summed E-state index contributed by atoms with van der Waals surface area (Å²) >= 11 is 0.993. The number of hydrogen-bond donors (Lipinski definition) is 2. The number of aliphatic imine (C=N–C) groups is 1. The number of aromatic nitrogens is 1. The van der Waals surface area contributed by atoms with Gasteiger partial charge in [0.25, 0.3) is 0 Å². The minimum Gasteiger partial charge on any atom is -0.450 e. The topological polar surface area (TPSA) is 78.9 Å². The van der Waals surface area contributed by atoms with Crippen LogP contribution in [0.4, 0.5) is 18.0 Å². The third-order valence-corrected chi connectivity index (χ3v) is 5.05. The maximum Gasteiger partial charge on any atom is 0.434 e. The molecule has 0 bridgehead atoms. The van der Waals surface area contributed by atoms with Crippen molar-refractivity contribution in [3.8, 4) is 0 Å². The highest BCUT2D eigenvalue weighted by atomic mass is 127. The Bertz CT molecular complexity index is 664. The van der Waals surface area contributed by atoms with Crippen LogP contribution in [-0.4, -0.2) is 60.8 Å². The molecule has 0 aliphatic carbocycles. The summed E-state index contributed by atoms with van der Waals surface area (Å²) in [6.45, 7) is 6.30. The van der Waals surface area contributed by atoms with E-state index in [4.69, 9.17) is 4.74 Å². The lowest BCUT2D eigenvalue weighted by atomic mass is 10.1. The molecule has 166 valence electrons. The molecule has 0 atom stereocenters. The predicted molar refractivity (Wildman–Crippen MR) is 117 cm³/mol. The molecule has 1 fully saturated rings. The van der Waals surface area contributed by atoms with Crippen LogP contribution in [0.5, 0.6) is 0 Å². The van der Waals surface area contributed by atoms with Crippen molar-refractivity contribution < 1.29 is 22.7 Å². The van der Waals surface area contributed by atoms with Crippen LogP contribution in [0.2, 0.25) is 0 Å². The first kappa shape index (κ1) is 25.7. The lowest BCUT2D eigenvalue weighted by Crippen LogP contribution is -2.50. The standard InChI is InChI=1S/C17H26F3N5O2S.HI/c1-3-21-15(22-8-5-14-24-13(11-28-14)17(18,19)20)23-12-6-9-25(10-7-12)16(26)27-4-2;/h11-12H,3-10H2,1-2H3,(H2,21,22,23);1H. The Kier molecular flexibility index (Phi) is 11.0. The number of nitrogens with zero attached hydrogens (tertiary/aromatic N) is 3. The predicted octanol–water partition coefficient (Wildman–Crippen LogP) is 3.50. The molecule has 7 nitrogen and oxygen atoms in total. The number of rotatable bonds is 6. The Morgan fingerprint density at radius 3 is 2.62 bits per heavy atom. The average Bonchev–Trinajstić information content (AvgIpc) is 3.12. The van der Waals surface area contributed by atoms with Gasteiger partial charge in [-0.3, -0.25) is 4.99 Å². The van der Waals surface area contributed by atoms with Gasteiger partial charge in [0.2, 0.25) is 0 Å². The van der Waals surface area contributed by atoms with Gasteiger partial charge in [-0.15, -0.1) is 35.3 Å². The molecular weight excluding hydrogens is 522 g/mol. The zero-order chi connectivity index (χ0) is 20.6. The Morgan fingerprint density at radius 2 is 2.07 bits per heavy atom. The summed E-state index contributed by atoms with van der Waals surface area (Å²) in [7, 11) is 0.